The Hall–Kier alpha value is -2.72. The summed E-state index contributed by atoms with van der Waals surface area (Å²) in [6, 6.07) is 3.56. The number of nitriles is 1. The Morgan fingerprint density at radius 1 is 1.52 bits per heavy atom. The van der Waals surface area contributed by atoms with E-state index in [9.17, 15) is 4.79 Å². The third-order valence-corrected chi connectivity index (χ3v) is 4.46. The van der Waals surface area contributed by atoms with Crippen molar-refractivity contribution in [1.29, 1.82) is 5.26 Å². The Bertz CT molecular complexity index is 780. The molecule has 2 aromatic rings. The van der Waals surface area contributed by atoms with Crippen LogP contribution >= 0.6 is 0 Å². The second-order valence-corrected chi connectivity index (χ2v) is 6.07. The van der Waals surface area contributed by atoms with E-state index < -0.39 is 0 Å². The topological polar surface area (TPSA) is 92.8 Å². The summed E-state index contributed by atoms with van der Waals surface area (Å²) in [6.45, 7) is 4.05. The molecule has 3 heterocycles. The average Bonchev–Trinajstić information content (AvgIpc) is 3.15. The molecule has 1 amide bonds. The van der Waals surface area contributed by atoms with Gasteiger partial charge >= 0.3 is 0 Å². The van der Waals surface area contributed by atoms with Crippen LogP contribution in [-0.2, 0) is 11.3 Å². The van der Waals surface area contributed by atoms with E-state index in [0.717, 1.165) is 24.9 Å². The lowest BCUT2D eigenvalue weighted by Gasteiger charge is -2.31. The summed E-state index contributed by atoms with van der Waals surface area (Å²) in [6.07, 6.45) is 8.64. The van der Waals surface area contributed by atoms with E-state index in [1.165, 1.54) is 12.4 Å². The third-order valence-electron chi connectivity index (χ3n) is 4.46. The normalized spacial score (nSPS) is 20.0. The third kappa shape index (κ3) is 3.86. The number of hydrogen-bond acceptors (Lipinski definition) is 5. The highest BCUT2D eigenvalue weighted by Gasteiger charge is 2.29. The minimum Gasteiger partial charge on any atom is -0.373 e. The van der Waals surface area contributed by atoms with E-state index in [-0.39, 0.29) is 17.9 Å². The monoisotopic (exact) mass is 339 g/mol. The van der Waals surface area contributed by atoms with E-state index in [2.05, 4.69) is 15.4 Å². The fourth-order valence-electron chi connectivity index (χ4n) is 3.11. The first kappa shape index (κ1) is 17.1. The molecule has 1 N–H and O–H groups in total. The molecule has 25 heavy (non-hydrogen) atoms. The molecule has 1 aliphatic rings. The number of rotatable bonds is 5. The van der Waals surface area contributed by atoms with Gasteiger partial charge in [-0.15, -0.1) is 0 Å². The molecule has 0 aromatic carbocycles. The molecule has 0 saturated carbocycles. The number of nitrogens with one attached hydrogen (secondary N) is 1. The number of carbonyl (C=O) groups is 1. The number of carbonyl (C=O) groups excluding carboxylic acids is 1. The van der Waals surface area contributed by atoms with Gasteiger partial charge in [-0.25, -0.2) is 0 Å². The molecule has 2 atom stereocenters. The van der Waals surface area contributed by atoms with Gasteiger partial charge in [-0.3, -0.25) is 14.5 Å². The van der Waals surface area contributed by atoms with Crippen LogP contribution in [0.25, 0.3) is 0 Å². The molecular weight excluding hydrogens is 318 g/mol. The van der Waals surface area contributed by atoms with Gasteiger partial charge in [0.05, 0.1) is 23.4 Å². The number of hydrogen-bond donors (Lipinski definition) is 1. The van der Waals surface area contributed by atoms with Crippen molar-refractivity contribution >= 4 is 5.91 Å². The van der Waals surface area contributed by atoms with Crippen molar-refractivity contribution in [2.24, 2.45) is 5.92 Å². The van der Waals surface area contributed by atoms with Crippen molar-refractivity contribution in [3.05, 3.63) is 47.5 Å². The second-order valence-electron chi connectivity index (χ2n) is 6.07. The summed E-state index contributed by atoms with van der Waals surface area (Å²) in [5.74, 6) is -0.104. The lowest BCUT2D eigenvalue weighted by molar-refractivity contribution is -0.0273. The standard InChI is InChI=1S/C18H21N5O2/c1-2-23-12-15(10-22-23)17-14(4-3-7-25-17)9-21-18(24)16-11-20-6-5-13(16)8-19/h5-6,10-12,14,17H,2-4,7,9H2,1H3,(H,21,24)/t14-,17+/m0/s1. The molecule has 0 spiro atoms. The molecule has 1 fully saturated rings. The van der Waals surface area contributed by atoms with Gasteiger partial charge in [0.2, 0.25) is 0 Å². The van der Waals surface area contributed by atoms with Crippen LogP contribution in [0.1, 0.15) is 47.4 Å². The first-order valence-electron chi connectivity index (χ1n) is 8.49. The van der Waals surface area contributed by atoms with Gasteiger partial charge in [-0.1, -0.05) is 0 Å². The molecule has 0 radical (unpaired) electrons. The van der Waals surface area contributed by atoms with Crippen LogP contribution in [-0.4, -0.2) is 33.8 Å². The highest BCUT2D eigenvalue weighted by Crippen LogP contribution is 2.33. The largest absolute Gasteiger partial charge is 0.373 e. The zero-order valence-corrected chi connectivity index (χ0v) is 14.2. The Kier molecular flexibility index (Phi) is 5.41. The number of ether oxygens (including phenoxy) is 1. The fourth-order valence-corrected chi connectivity index (χ4v) is 3.11. The van der Waals surface area contributed by atoms with Gasteiger partial charge in [0, 0.05) is 49.8 Å². The second kappa shape index (κ2) is 7.90. The minimum absolute atomic E-state index is 0.0707. The summed E-state index contributed by atoms with van der Waals surface area (Å²) < 4.78 is 7.82. The van der Waals surface area contributed by atoms with Crippen molar-refractivity contribution in [1.82, 2.24) is 20.1 Å². The van der Waals surface area contributed by atoms with E-state index >= 15 is 0 Å². The minimum atomic E-state index is -0.279. The van der Waals surface area contributed by atoms with Crippen LogP contribution < -0.4 is 5.32 Å². The molecule has 2 aromatic heterocycles. The summed E-state index contributed by atoms with van der Waals surface area (Å²) in [5.41, 5.74) is 1.67. The van der Waals surface area contributed by atoms with Gasteiger partial charge in [0.15, 0.2) is 0 Å². The lowest BCUT2D eigenvalue weighted by Crippen LogP contribution is -2.35. The molecule has 3 rings (SSSR count). The molecule has 0 bridgehead atoms. The molecular formula is C18H21N5O2. The van der Waals surface area contributed by atoms with Crippen molar-refractivity contribution in [3.8, 4) is 6.07 Å². The van der Waals surface area contributed by atoms with Crippen molar-refractivity contribution in [3.63, 3.8) is 0 Å². The summed E-state index contributed by atoms with van der Waals surface area (Å²) in [7, 11) is 0. The van der Waals surface area contributed by atoms with Crippen LogP contribution in [0, 0.1) is 17.2 Å². The number of pyridine rings is 1. The fraction of sp³-hybridized carbons (Fsp3) is 0.444. The van der Waals surface area contributed by atoms with Gasteiger partial charge in [0.25, 0.3) is 5.91 Å². The quantitative estimate of drug-likeness (QED) is 0.900. The van der Waals surface area contributed by atoms with Crippen LogP contribution in [0.2, 0.25) is 0 Å². The van der Waals surface area contributed by atoms with E-state index in [1.54, 1.807) is 6.07 Å². The van der Waals surface area contributed by atoms with Gasteiger partial charge in [0.1, 0.15) is 6.07 Å². The maximum atomic E-state index is 12.4. The smallest absolute Gasteiger partial charge is 0.254 e. The van der Waals surface area contributed by atoms with Crippen molar-refractivity contribution < 1.29 is 9.53 Å². The maximum Gasteiger partial charge on any atom is 0.254 e. The summed E-state index contributed by atoms with van der Waals surface area (Å²) in [4.78, 5) is 16.3. The lowest BCUT2D eigenvalue weighted by atomic mass is 9.90. The predicted octanol–water partition coefficient (Wildman–Crippen LogP) is 2.07. The highest BCUT2D eigenvalue weighted by molar-refractivity contribution is 5.96. The van der Waals surface area contributed by atoms with Gasteiger partial charge < -0.3 is 10.1 Å². The number of aryl methyl sites for hydroxylation is 1. The molecule has 7 heteroatoms. The number of aromatic nitrogens is 3. The Labute approximate surface area is 146 Å². The molecule has 1 aliphatic heterocycles. The van der Waals surface area contributed by atoms with Crippen LogP contribution in [0.15, 0.2) is 30.9 Å². The SMILES string of the molecule is CCn1cc([C@@H]2OCCC[C@H]2CNC(=O)c2cnccc2C#N)cn1. The number of nitrogens with zero attached hydrogens (tertiary/aromatic N) is 4. The zero-order chi connectivity index (χ0) is 17.6. The predicted molar refractivity (Wildman–Crippen MR) is 90.6 cm³/mol. The molecule has 1 saturated heterocycles. The summed E-state index contributed by atoms with van der Waals surface area (Å²) >= 11 is 0. The first-order valence-corrected chi connectivity index (χ1v) is 8.49. The zero-order valence-electron chi connectivity index (χ0n) is 14.2. The molecule has 7 nitrogen and oxygen atoms in total. The van der Waals surface area contributed by atoms with Crippen molar-refractivity contribution in [2.75, 3.05) is 13.2 Å². The Balaban J connectivity index is 1.68. The Morgan fingerprint density at radius 2 is 2.40 bits per heavy atom. The maximum absolute atomic E-state index is 12.4. The summed E-state index contributed by atoms with van der Waals surface area (Å²) in [5, 5.41) is 16.4. The molecule has 130 valence electrons. The van der Waals surface area contributed by atoms with Crippen LogP contribution in [0.4, 0.5) is 0 Å². The van der Waals surface area contributed by atoms with Crippen LogP contribution in [0.3, 0.4) is 0 Å². The first-order chi connectivity index (χ1) is 12.2. The number of amides is 1. The van der Waals surface area contributed by atoms with E-state index in [0.29, 0.717) is 24.3 Å². The molecule has 0 aliphatic carbocycles. The molecule has 0 unspecified atom stereocenters. The van der Waals surface area contributed by atoms with Gasteiger partial charge in [-0.05, 0) is 25.8 Å². The van der Waals surface area contributed by atoms with E-state index in [4.69, 9.17) is 10.00 Å². The Morgan fingerprint density at radius 3 is 3.16 bits per heavy atom. The van der Waals surface area contributed by atoms with Crippen molar-refractivity contribution in [2.45, 2.75) is 32.4 Å². The highest BCUT2D eigenvalue weighted by atomic mass is 16.5. The van der Waals surface area contributed by atoms with Gasteiger partial charge in [-0.2, -0.15) is 10.4 Å². The van der Waals surface area contributed by atoms with Crippen LogP contribution in [0.5, 0.6) is 0 Å². The van der Waals surface area contributed by atoms with E-state index in [1.807, 2.05) is 30.1 Å². The average molecular weight is 339 g/mol.